The molecule has 1 aromatic rings. The molecule has 94 valence electrons. The number of methoxy groups -OCH3 is 1. The topological polar surface area (TPSA) is 30.5 Å². The lowest BCUT2D eigenvalue weighted by molar-refractivity contribution is -0.0297. The Morgan fingerprint density at radius 2 is 1.94 bits per heavy atom. The minimum absolute atomic E-state index is 0.0907. The Kier molecular flexibility index (Phi) is 3.69. The van der Waals surface area contributed by atoms with Gasteiger partial charge in [-0.25, -0.2) is 0 Å². The fraction of sp³-hybridized carbons (Fsp3) is 0.571. The van der Waals surface area contributed by atoms with Crippen molar-refractivity contribution < 1.29 is 9.47 Å². The van der Waals surface area contributed by atoms with E-state index in [1.807, 2.05) is 0 Å². The third-order valence-corrected chi connectivity index (χ3v) is 3.35. The highest BCUT2D eigenvalue weighted by molar-refractivity contribution is 5.43. The molecule has 3 nitrogen and oxygen atoms in total. The van der Waals surface area contributed by atoms with Crippen LogP contribution in [0.2, 0.25) is 0 Å². The van der Waals surface area contributed by atoms with E-state index in [2.05, 4.69) is 38.2 Å². The van der Waals surface area contributed by atoms with Crippen molar-refractivity contribution in [1.29, 1.82) is 0 Å². The average molecular weight is 235 g/mol. The fourth-order valence-corrected chi connectivity index (χ4v) is 2.22. The second-order valence-corrected chi connectivity index (χ2v) is 4.77. The molecule has 17 heavy (non-hydrogen) atoms. The van der Waals surface area contributed by atoms with Crippen LogP contribution >= 0.6 is 0 Å². The van der Waals surface area contributed by atoms with Crippen molar-refractivity contribution in [3.8, 4) is 5.75 Å². The van der Waals surface area contributed by atoms with Crippen molar-refractivity contribution >= 4 is 0 Å². The van der Waals surface area contributed by atoms with E-state index in [9.17, 15) is 0 Å². The number of morpholine rings is 1. The summed E-state index contributed by atoms with van der Waals surface area (Å²) in [4.78, 5) is 0. The van der Waals surface area contributed by atoms with Gasteiger partial charge in [0.05, 0.1) is 19.3 Å². The zero-order valence-corrected chi connectivity index (χ0v) is 11.0. The Morgan fingerprint density at radius 3 is 2.59 bits per heavy atom. The van der Waals surface area contributed by atoms with Crippen LogP contribution in [0.3, 0.4) is 0 Å². The minimum atomic E-state index is 0.0907. The molecular formula is C14H21NO2. The van der Waals surface area contributed by atoms with Crippen LogP contribution in [0.25, 0.3) is 0 Å². The van der Waals surface area contributed by atoms with Crippen LogP contribution in [0.4, 0.5) is 0 Å². The van der Waals surface area contributed by atoms with Gasteiger partial charge in [-0.05, 0) is 44.0 Å². The number of benzene rings is 1. The molecule has 0 aromatic heterocycles. The summed E-state index contributed by atoms with van der Waals surface area (Å²) in [6.45, 7) is 8.09. The van der Waals surface area contributed by atoms with Gasteiger partial charge in [-0.2, -0.15) is 0 Å². The Morgan fingerprint density at radius 1 is 1.24 bits per heavy atom. The summed E-state index contributed by atoms with van der Waals surface area (Å²) in [6, 6.07) is 4.27. The van der Waals surface area contributed by atoms with Gasteiger partial charge in [0.2, 0.25) is 0 Å². The Labute approximate surface area is 103 Å². The number of rotatable bonds is 2. The van der Waals surface area contributed by atoms with Gasteiger partial charge in [0, 0.05) is 18.7 Å². The van der Waals surface area contributed by atoms with Gasteiger partial charge >= 0.3 is 0 Å². The molecule has 0 saturated carbocycles. The molecule has 0 spiro atoms. The summed E-state index contributed by atoms with van der Waals surface area (Å²) in [7, 11) is 1.72. The molecule has 0 bridgehead atoms. The third-order valence-electron chi connectivity index (χ3n) is 3.35. The predicted molar refractivity (Wildman–Crippen MR) is 68.6 cm³/mol. The first-order valence-electron chi connectivity index (χ1n) is 6.13. The van der Waals surface area contributed by atoms with Crippen molar-refractivity contribution in [3.05, 3.63) is 28.8 Å². The quantitative estimate of drug-likeness (QED) is 0.853. The largest absolute Gasteiger partial charge is 0.496 e. The molecule has 0 radical (unpaired) electrons. The zero-order chi connectivity index (χ0) is 12.4. The molecule has 1 aliphatic heterocycles. The minimum Gasteiger partial charge on any atom is -0.496 e. The molecule has 2 unspecified atom stereocenters. The average Bonchev–Trinajstić information content (AvgIpc) is 2.32. The third kappa shape index (κ3) is 2.61. The number of hydrogen-bond acceptors (Lipinski definition) is 3. The van der Waals surface area contributed by atoms with Gasteiger partial charge in [-0.1, -0.05) is 0 Å². The molecule has 2 rings (SSSR count). The van der Waals surface area contributed by atoms with Crippen molar-refractivity contribution in [1.82, 2.24) is 5.32 Å². The van der Waals surface area contributed by atoms with E-state index in [0.717, 1.165) is 24.4 Å². The lowest BCUT2D eigenvalue weighted by Crippen LogP contribution is -2.39. The van der Waals surface area contributed by atoms with E-state index in [1.165, 1.54) is 11.1 Å². The van der Waals surface area contributed by atoms with E-state index < -0.39 is 0 Å². The van der Waals surface area contributed by atoms with Crippen molar-refractivity contribution in [2.75, 3.05) is 20.2 Å². The summed E-state index contributed by atoms with van der Waals surface area (Å²) in [5.41, 5.74) is 3.68. The highest BCUT2D eigenvalue weighted by Crippen LogP contribution is 2.32. The van der Waals surface area contributed by atoms with Crippen LogP contribution in [0.1, 0.15) is 29.7 Å². The molecule has 0 amide bonds. The second-order valence-electron chi connectivity index (χ2n) is 4.77. The van der Waals surface area contributed by atoms with Crippen molar-refractivity contribution in [3.63, 3.8) is 0 Å². The van der Waals surface area contributed by atoms with Gasteiger partial charge < -0.3 is 14.8 Å². The highest BCUT2D eigenvalue weighted by atomic mass is 16.5. The molecule has 1 aliphatic rings. The van der Waals surface area contributed by atoms with Gasteiger partial charge in [0.15, 0.2) is 0 Å². The fourth-order valence-electron chi connectivity index (χ4n) is 2.22. The molecule has 1 fully saturated rings. The summed E-state index contributed by atoms with van der Waals surface area (Å²) >= 11 is 0. The Bertz CT molecular complexity index is 403. The van der Waals surface area contributed by atoms with Crippen LogP contribution in [0.5, 0.6) is 5.75 Å². The van der Waals surface area contributed by atoms with Gasteiger partial charge in [-0.15, -0.1) is 0 Å². The molecule has 2 atom stereocenters. The van der Waals surface area contributed by atoms with E-state index in [-0.39, 0.29) is 12.2 Å². The smallest absolute Gasteiger partial charge is 0.125 e. The SMILES string of the molecule is COc1cc(C)c(C)cc1C1CNCC(C)O1. The molecular weight excluding hydrogens is 214 g/mol. The summed E-state index contributed by atoms with van der Waals surface area (Å²) < 4.78 is 11.4. The first kappa shape index (κ1) is 12.4. The summed E-state index contributed by atoms with van der Waals surface area (Å²) in [5.74, 6) is 0.925. The molecule has 1 N–H and O–H groups in total. The molecule has 1 aromatic carbocycles. The number of nitrogens with one attached hydrogen (secondary N) is 1. The van der Waals surface area contributed by atoms with E-state index >= 15 is 0 Å². The number of ether oxygens (including phenoxy) is 2. The van der Waals surface area contributed by atoms with Crippen LogP contribution < -0.4 is 10.1 Å². The van der Waals surface area contributed by atoms with Crippen LogP contribution in [0, 0.1) is 13.8 Å². The van der Waals surface area contributed by atoms with Crippen molar-refractivity contribution in [2.45, 2.75) is 33.0 Å². The Hall–Kier alpha value is -1.06. The first-order chi connectivity index (χ1) is 8.11. The maximum absolute atomic E-state index is 5.97. The Balaban J connectivity index is 2.33. The first-order valence-corrected chi connectivity index (χ1v) is 6.13. The number of aryl methyl sites for hydroxylation is 2. The zero-order valence-electron chi connectivity index (χ0n) is 11.0. The molecule has 1 saturated heterocycles. The monoisotopic (exact) mass is 235 g/mol. The standard InChI is InChI=1S/C14H21NO2/c1-9-5-12(13(16-4)6-10(9)2)14-8-15-7-11(3)17-14/h5-6,11,14-15H,7-8H2,1-4H3. The summed E-state index contributed by atoms with van der Waals surface area (Å²) in [6.07, 6.45) is 0.341. The second kappa shape index (κ2) is 5.07. The van der Waals surface area contributed by atoms with Crippen LogP contribution in [-0.4, -0.2) is 26.3 Å². The predicted octanol–water partition coefficient (Wildman–Crippen LogP) is 2.36. The lowest BCUT2D eigenvalue weighted by atomic mass is 10.00. The van der Waals surface area contributed by atoms with Gasteiger partial charge in [0.25, 0.3) is 0 Å². The van der Waals surface area contributed by atoms with Gasteiger partial charge in [-0.3, -0.25) is 0 Å². The van der Waals surface area contributed by atoms with Crippen LogP contribution in [-0.2, 0) is 4.74 Å². The highest BCUT2D eigenvalue weighted by Gasteiger charge is 2.23. The maximum atomic E-state index is 5.97. The van der Waals surface area contributed by atoms with E-state index in [0.29, 0.717) is 0 Å². The lowest BCUT2D eigenvalue weighted by Gasteiger charge is -2.30. The number of hydrogen-bond donors (Lipinski definition) is 1. The molecule has 1 heterocycles. The molecule has 0 aliphatic carbocycles. The maximum Gasteiger partial charge on any atom is 0.125 e. The van der Waals surface area contributed by atoms with Gasteiger partial charge in [0.1, 0.15) is 5.75 Å². The normalized spacial score (nSPS) is 24.7. The van der Waals surface area contributed by atoms with E-state index in [1.54, 1.807) is 7.11 Å². The molecule has 3 heteroatoms. The van der Waals surface area contributed by atoms with E-state index in [4.69, 9.17) is 9.47 Å². The van der Waals surface area contributed by atoms with Crippen molar-refractivity contribution in [2.24, 2.45) is 0 Å². The summed E-state index contributed by atoms with van der Waals surface area (Å²) in [5, 5.41) is 3.39. The van der Waals surface area contributed by atoms with Crippen LogP contribution in [0.15, 0.2) is 12.1 Å².